The van der Waals surface area contributed by atoms with Crippen LogP contribution in [-0.4, -0.2) is 53.6 Å². The highest BCUT2D eigenvalue weighted by molar-refractivity contribution is 5.76. The van der Waals surface area contributed by atoms with E-state index in [0.29, 0.717) is 19.5 Å². The molecule has 1 aliphatic heterocycles. The number of amides is 1. The Bertz CT molecular complexity index is 416. The molecule has 0 radical (unpaired) electrons. The van der Waals surface area contributed by atoms with E-state index in [1.54, 1.807) is 20.4 Å². The molecule has 1 N–H and O–H groups in total. The van der Waals surface area contributed by atoms with Crippen molar-refractivity contribution in [2.24, 2.45) is 0 Å². The monoisotopic (exact) mass is 266 g/mol. The van der Waals surface area contributed by atoms with Gasteiger partial charge in [0, 0.05) is 20.6 Å². The minimum Gasteiger partial charge on any atom is -0.468 e. The zero-order valence-electron chi connectivity index (χ0n) is 11.6. The number of carbonyl (C=O) groups is 1. The molecule has 5 nitrogen and oxygen atoms in total. The quantitative estimate of drug-likeness (QED) is 0.886. The molecule has 0 aliphatic carbocycles. The number of nitrogens with zero attached hydrogens (tertiary/aromatic N) is 2. The second-order valence-electron chi connectivity index (χ2n) is 5.58. The molecule has 19 heavy (non-hydrogen) atoms. The van der Waals surface area contributed by atoms with Crippen LogP contribution in [0.25, 0.3) is 0 Å². The molecule has 106 valence electrons. The number of likely N-dealkylation sites (tertiary alicyclic amines) is 1. The summed E-state index contributed by atoms with van der Waals surface area (Å²) >= 11 is 0. The number of piperidine rings is 1. The lowest BCUT2D eigenvalue weighted by Crippen LogP contribution is -2.50. The molecule has 0 saturated carbocycles. The molecule has 1 aliphatic rings. The number of aliphatic hydroxyl groups is 1. The Hall–Kier alpha value is -1.33. The summed E-state index contributed by atoms with van der Waals surface area (Å²) in [6, 6.07) is 3.79. The summed E-state index contributed by atoms with van der Waals surface area (Å²) in [7, 11) is 3.43. The fraction of sp³-hybridized carbons (Fsp3) is 0.643. The average Bonchev–Trinajstić information content (AvgIpc) is 2.81. The van der Waals surface area contributed by atoms with E-state index in [-0.39, 0.29) is 12.3 Å². The van der Waals surface area contributed by atoms with Gasteiger partial charge in [-0.05, 0) is 31.5 Å². The van der Waals surface area contributed by atoms with Gasteiger partial charge in [-0.15, -0.1) is 0 Å². The van der Waals surface area contributed by atoms with Crippen LogP contribution in [0, 0.1) is 0 Å². The molecule has 0 bridgehead atoms. The van der Waals surface area contributed by atoms with Gasteiger partial charge < -0.3 is 14.4 Å². The third-order valence-corrected chi connectivity index (χ3v) is 3.57. The smallest absolute Gasteiger partial charge is 0.224 e. The molecule has 1 aromatic heterocycles. The van der Waals surface area contributed by atoms with Crippen LogP contribution in [0.15, 0.2) is 22.8 Å². The first-order valence-electron chi connectivity index (χ1n) is 6.66. The van der Waals surface area contributed by atoms with Crippen LogP contribution >= 0.6 is 0 Å². The van der Waals surface area contributed by atoms with Crippen LogP contribution in [0.1, 0.15) is 25.0 Å². The van der Waals surface area contributed by atoms with Gasteiger partial charge in [-0.1, -0.05) is 0 Å². The fourth-order valence-electron chi connectivity index (χ4n) is 2.55. The van der Waals surface area contributed by atoms with E-state index in [9.17, 15) is 9.90 Å². The van der Waals surface area contributed by atoms with Gasteiger partial charge in [-0.2, -0.15) is 0 Å². The summed E-state index contributed by atoms with van der Waals surface area (Å²) in [5.74, 6) is 0.866. The molecule has 2 heterocycles. The van der Waals surface area contributed by atoms with E-state index in [2.05, 4.69) is 4.90 Å². The fourth-order valence-corrected chi connectivity index (χ4v) is 2.55. The summed E-state index contributed by atoms with van der Waals surface area (Å²) < 4.78 is 5.33. The van der Waals surface area contributed by atoms with Gasteiger partial charge in [0.15, 0.2) is 0 Å². The van der Waals surface area contributed by atoms with Crippen molar-refractivity contribution >= 4 is 5.91 Å². The lowest BCUT2D eigenvalue weighted by atomic mass is 9.89. The van der Waals surface area contributed by atoms with Crippen molar-refractivity contribution in [2.75, 3.05) is 27.2 Å². The van der Waals surface area contributed by atoms with Gasteiger partial charge >= 0.3 is 0 Å². The third-order valence-electron chi connectivity index (χ3n) is 3.57. The van der Waals surface area contributed by atoms with Gasteiger partial charge in [0.05, 0.1) is 24.8 Å². The van der Waals surface area contributed by atoms with Crippen LogP contribution in [0.2, 0.25) is 0 Å². The molecule has 1 atom stereocenters. The first-order chi connectivity index (χ1) is 8.98. The van der Waals surface area contributed by atoms with E-state index in [0.717, 1.165) is 18.7 Å². The van der Waals surface area contributed by atoms with Crippen LogP contribution in [0.4, 0.5) is 0 Å². The van der Waals surface area contributed by atoms with Crippen molar-refractivity contribution in [3.63, 3.8) is 0 Å². The third kappa shape index (κ3) is 3.81. The second-order valence-corrected chi connectivity index (χ2v) is 5.58. The van der Waals surface area contributed by atoms with Crippen molar-refractivity contribution < 1.29 is 14.3 Å². The second kappa shape index (κ2) is 5.75. The van der Waals surface area contributed by atoms with E-state index < -0.39 is 5.60 Å². The molecule has 2 rings (SSSR count). The van der Waals surface area contributed by atoms with Gasteiger partial charge in [-0.3, -0.25) is 9.69 Å². The molecule has 1 unspecified atom stereocenters. The Morgan fingerprint density at radius 1 is 1.58 bits per heavy atom. The summed E-state index contributed by atoms with van der Waals surface area (Å²) in [5.41, 5.74) is -0.911. The van der Waals surface area contributed by atoms with Crippen molar-refractivity contribution in [3.8, 4) is 0 Å². The SMILES string of the molecule is CN(C)C(=O)CC1(O)CCCN(Cc2ccco2)C1. The van der Waals surface area contributed by atoms with E-state index in [1.165, 1.54) is 4.90 Å². The van der Waals surface area contributed by atoms with Gasteiger partial charge in [0.1, 0.15) is 5.76 Å². The molecule has 0 spiro atoms. The molecule has 1 saturated heterocycles. The van der Waals surface area contributed by atoms with Gasteiger partial charge in [0.2, 0.25) is 5.91 Å². The largest absolute Gasteiger partial charge is 0.468 e. The summed E-state index contributed by atoms with van der Waals surface area (Å²) in [6.45, 7) is 2.14. The maximum Gasteiger partial charge on any atom is 0.224 e. The Balaban J connectivity index is 1.93. The zero-order valence-corrected chi connectivity index (χ0v) is 11.6. The highest BCUT2D eigenvalue weighted by Crippen LogP contribution is 2.26. The van der Waals surface area contributed by atoms with Gasteiger partial charge in [-0.25, -0.2) is 0 Å². The van der Waals surface area contributed by atoms with Crippen LogP contribution in [0.3, 0.4) is 0 Å². The normalized spacial score (nSPS) is 24.4. The standard InChI is InChI=1S/C14H22N2O3/c1-15(2)13(17)9-14(18)6-4-7-16(11-14)10-12-5-3-8-19-12/h3,5,8,18H,4,6-7,9-11H2,1-2H3. The van der Waals surface area contributed by atoms with Gasteiger partial charge in [0.25, 0.3) is 0 Å². The topological polar surface area (TPSA) is 56.9 Å². The van der Waals surface area contributed by atoms with Crippen molar-refractivity contribution in [1.82, 2.24) is 9.80 Å². The number of rotatable bonds is 4. The molecule has 0 aromatic carbocycles. The molecular formula is C14H22N2O3. The lowest BCUT2D eigenvalue weighted by molar-refractivity contribution is -0.136. The summed E-state index contributed by atoms with van der Waals surface area (Å²) in [5, 5.41) is 10.6. The number of hydrogen-bond donors (Lipinski definition) is 1. The van der Waals surface area contributed by atoms with E-state index >= 15 is 0 Å². The maximum atomic E-state index is 11.8. The van der Waals surface area contributed by atoms with E-state index in [4.69, 9.17) is 4.42 Å². The van der Waals surface area contributed by atoms with Crippen LogP contribution in [-0.2, 0) is 11.3 Å². The predicted molar refractivity (Wildman–Crippen MR) is 71.5 cm³/mol. The number of hydrogen-bond acceptors (Lipinski definition) is 4. The van der Waals surface area contributed by atoms with Crippen molar-refractivity contribution in [2.45, 2.75) is 31.4 Å². The summed E-state index contributed by atoms with van der Waals surface area (Å²) in [6.07, 6.45) is 3.43. The lowest BCUT2D eigenvalue weighted by Gasteiger charge is -2.39. The van der Waals surface area contributed by atoms with Crippen molar-refractivity contribution in [3.05, 3.63) is 24.2 Å². The molecule has 1 amide bonds. The Kier molecular flexibility index (Phi) is 4.27. The first-order valence-corrected chi connectivity index (χ1v) is 6.66. The molecule has 1 fully saturated rings. The Morgan fingerprint density at radius 2 is 2.37 bits per heavy atom. The molecule has 1 aromatic rings. The summed E-state index contributed by atoms with van der Waals surface area (Å²) in [4.78, 5) is 15.4. The highest BCUT2D eigenvalue weighted by Gasteiger charge is 2.35. The zero-order chi connectivity index (χ0) is 13.9. The van der Waals surface area contributed by atoms with Crippen LogP contribution < -0.4 is 0 Å². The van der Waals surface area contributed by atoms with E-state index in [1.807, 2.05) is 12.1 Å². The van der Waals surface area contributed by atoms with Crippen molar-refractivity contribution in [1.29, 1.82) is 0 Å². The Morgan fingerprint density at radius 3 is 3.00 bits per heavy atom. The minimum absolute atomic E-state index is 0.0256. The number of carbonyl (C=O) groups excluding carboxylic acids is 1. The highest BCUT2D eigenvalue weighted by atomic mass is 16.3. The number of β-amino-alcohol motifs (C(OH)–C–C–N with tert-alkyl or cyclic N) is 1. The first kappa shape index (κ1) is 14.1. The molecule has 5 heteroatoms. The predicted octanol–water partition coefficient (Wildman–Crippen LogP) is 1.08. The van der Waals surface area contributed by atoms with Crippen LogP contribution in [0.5, 0.6) is 0 Å². The average molecular weight is 266 g/mol. The maximum absolute atomic E-state index is 11.8. The molecular weight excluding hydrogens is 244 g/mol. The minimum atomic E-state index is -0.911. The number of furan rings is 1. The Labute approximate surface area is 113 Å².